The van der Waals surface area contributed by atoms with Gasteiger partial charge in [0.05, 0.1) is 29.7 Å². The highest BCUT2D eigenvalue weighted by Crippen LogP contribution is 2.40. The smallest absolute Gasteiger partial charge is 0.414 e. The van der Waals surface area contributed by atoms with Crippen LogP contribution in [0.25, 0.3) is 11.0 Å². The number of benzene rings is 1. The number of aliphatic carboxylic acids is 1. The third-order valence-electron chi connectivity index (χ3n) is 7.43. The number of carbonyl (C=O) groups is 2. The number of methoxy groups -OCH3 is 1. The molecule has 1 N–H and O–H groups in total. The number of aryl methyl sites for hydroxylation is 3. The van der Waals surface area contributed by atoms with Gasteiger partial charge in [-0.2, -0.15) is 5.10 Å². The van der Waals surface area contributed by atoms with Crippen molar-refractivity contribution in [2.45, 2.75) is 70.5 Å². The van der Waals surface area contributed by atoms with Crippen molar-refractivity contribution in [1.82, 2.24) is 19.3 Å². The van der Waals surface area contributed by atoms with Crippen LogP contribution in [0.1, 0.15) is 56.5 Å². The number of carbonyl (C=O) groups excluding carboxylic acids is 1. The number of aromatic nitrogens is 4. The molecule has 9 nitrogen and oxygen atoms in total. The Bertz CT molecular complexity index is 1190. The summed E-state index contributed by atoms with van der Waals surface area (Å²) in [6.45, 7) is 2.76. The molecule has 2 aliphatic rings. The van der Waals surface area contributed by atoms with Crippen molar-refractivity contribution < 1.29 is 19.4 Å². The molecule has 1 aliphatic carbocycles. The Labute approximate surface area is 198 Å². The van der Waals surface area contributed by atoms with Gasteiger partial charge in [-0.1, -0.05) is 0 Å². The van der Waals surface area contributed by atoms with Gasteiger partial charge in [-0.3, -0.25) is 14.4 Å². The van der Waals surface area contributed by atoms with Gasteiger partial charge in [-0.15, -0.1) is 0 Å². The first-order chi connectivity index (χ1) is 16.5. The number of fused-ring (bicyclic) bond motifs is 3. The average Bonchev–Trinajstić information content (AvgIpc) is 3.49. The maximum Gasteiger partial charge on any atom is 0.414 e. The summed E-state index contributed by atoms with van der Waals surface area (Å²) in [4.78, 5) is 30.9. The van der Waals surface area contributed by atoms with Gasteiger partial charge in [-0.25, -0.2) is 9.78 Å². The number of imidazole rings is 1. The maximum absolute atomic E-state index is 12.5. The van der Waals surface area contributed by atoms with Crippen molar-refractivity contribution in [2.75, 3.05) is 12.0 Å². The Balaban J connectivity index is 1.56. The first kappa shape index (κ1) is 22.4. The third kappa shape index (κ3) is 3.93. The molecule has 0 saturated heterocycles. The van der Waals surface area contributed by atoms with E-state index in [-0.39, 0.29) is 24.1 Å². The summed E-state index contributed by atoms with van der Waals surface area (Å²) >= 11 is 0. The minimum absolute atomic E-state index is 0.0602. The van der Waals surface area contributed by atoms with Crippen LogP contribution in [-0.4, -0.2) is 49.7 Å². The lowest BCUT2D eigenvalue weighted by Gasteiger charge is -2.34. The highest BCUT2D eigenvalue weighted by molar-refractivity contribution is 5.95. The second-order valence-electron chi connectivity index (χ2n) is 9.42. The van der Waals surface area contributed by atoms with Crippen molar-refractivity contribution in [3.63, 3.8) is 0 Å². The van der Waals surface area contributed by atoms with E-state index >= 15 is 0 Å². The van der Waals surface area contributed by atoms with E-state index < -0.39 is 5.97 Å². The van der Waals surface area contributed by atoms with Crippen LogP contribution in [0.15, 0.2) is 30.6 Å². The molecule has 2 aromatic heterocycles. The largest absolute Gasteiger partial charge is 0.481 e. The molecule has 1 amide bonds. The van der Waals surface area contributed by atoms with E-state index in [1.165, 1.54) is 7.11 Å². The summed E-state index contributed by atoms with van der Waals surface area (Å²) in [6.07, 6.45) is 8.78. The molecule has 1 aliphatic heterocycles. The second-order valence-corrected chi connectivity index (χ2v) is 9.42. The number of carboxylic acid groups (broad SMARTS) is 1. The Morgan fingerprint density at radius 2 is 1.97 bits per heavy atom. The lowest BCUT2D eigenvalue weighted by molar-refractivity contribution is -0.143. The van der Waals surface area contributed by atoms with Crippen LogP contribution < -0.4 is 4.90 Å². The van der Waals surface area contributed by atoms with Gasteiger partial charge >= 0.3 is 12.1 Å². The van der Waals surface area contributed by atoms with Crippen molar-refractivity contribution in [3.8, 4) is 0 Å². The average molecular weight is 466 g/mol. The van der Waals surface area contributed by atoms with Gasteiger partial charge in [0.1, 0.15) is 5.82 Å². The lowest BCUT2D eigenvalue weighted by Crippen LogP contribution is -2.42. The molecule has 0 spiro atoms. The minimum atomic E-state index is -0.695. The summed E-state index contributed by atoms with van der Waals surface area (Å²) in [5, 5.41) is 13.8. The van der Waals surface area contributed by atoms with Gasteiger partial charge in [0, 0.05) is 43.0 Å². The molecule has 180 valence electrons. The zero-order valence-corrected chi connectivity index (χ0v) is 19.7. The molecule has 5 rings (SSSR count). The lowest BCUT2D eigenvalue weighted by atomic mass is 9.86. The topological polar surface area (TPSA) is 102 Å². The summed E-state index contributed by atoms with van der Waals surface area (Å²) in [7, 11) is 1.41. The van der Waals surface area contributed by atoms with Crippen LogP contribution in [-0.2, 0) is 28.9 Å². The van der Waals surface area contributed by atoms with E-state index in [1.54, 1.807) is 11.1 Å². The molecule has 0 unspecified atom stereocenters. The van der Waals surface area contributed by atoms with E-state index in [1.807, 2.05) is 29.9 Å². The summed E-state index contributed by atoms with van der Waals surface area (Å²) in [5.41, 5.74) is 3.96. The van der Waals surface area contributed by atoms with Crippen molar-refractivity contribution in [2.24, 2.45) is 5.92 Å². The molecule has 9 heteroatoms. The van der Waals surface area contributed by atoms with Crippen LogP contribution in [0.3, 0.4) is 0 Å². The highest BCUT2D eigenvalue weighted by atomic mass is 16.5. The van der Waals surface area contributed by atoms with Crippen molar-refractivity contribution >= 4 is 28.8 Å². The van der Waals surface area contributed by atoms with Crippen LogP contribution in [0, 0.1) is 5.92 Å². The molecule has 1 atom stereocenters. The number of rotatable bonds is 5. The monoisotopic (exact) mass is 465 g/mol. The number of amides is 1. The van der Waals surface area contributed by atoms with E-state index in [2.05, 4.69) is 15.7 Å². The number of nitrogens with zero attached hydrogens (tertiary/aromatic N) is 5. The fraction of sp³-hybridized carbons (Fsp3) is 0.520. The number of hydrogen-bond acceptors (Lipinski definition) is 5. The molecule has 1 aromatic carbocycles. The van der Waals surface area contributed by atoms with Crippen LogP contribution >= 0.6 is 0 Å². The predicted octanol–water partition coefficient (Wildman–Crippen LogP) is 4.20. The number of hydrogen-bond donors (Lipinski definition) is 1. The van der Waals surface area contributed by atoms with Gasteiger partial charge in [0.15, 0.2) is 0 Å². The zero-order chi connectivity index (χ0) is 23.8. The SMILES string of the molecule is COC(=O)N1c2ccc3c(nc(CCn4cccn4)n3C3CCC(C(=O)O)CC3)c2CC[C@@H]1C. The summed E-state index contributed by atoms with van der Waals surface area (Å²) in [6, 6.07) is 6.27. The maximum atomic E-state index is 12.5. The van der Waals surface area contributed by atoms with Crippen molar-refractivity contribution in [3.05, 3.63) is 42.0 Å². The molecule has 0 bridgehead atoms. The standard InChI is InChI=1S/C25H31N5O4/c1-16-4-9-19-20(29(16)25(33)34-2)10-11-21-23(19)27-22(12-15-28-14-3-13-26-28)30(21)18-7-5-17(6-8-18)24(31)32/h3,10-11,13-14,16-18H,4-9,12,15H2,1-2H3,(H,31,32)/t16-,17?,18?/m0/s1. The highest BCUT2D eigenvalue weighted by Gasteiger charge is 2.33. The Hall–Kier alpha value is -3.36. The molecular weight excluding hydrogens is 434 g/mol. The number of anilines is 1. The fourth-order valence-corrected chi connectivity index (χ4v) is 5.64. The molecular formula is C25H31N5O4. The number of ether oxygens (including phenoxy) is 1. The molecule has 1 saturated carbocycles. The van der Waals surface area contributed by atoms with Gasteiger partial charge < -0.3 is 14.4 Å². The minimum Gasteiger partial charge on any atom is -0.481 e. The Kier molecular flexibility index (Phi) is 6.02. The first-order valence-corrected chi connectivity index (χ1v) is 12.1. The molecule has 3 heterocycles. The summed E-state index contributed by atoms with van der Waals surface area (Å²) in [5.74, 6) is 0.0290. The zero-order valence-electron chi connectivity index (χ0n) is 19.7. The number of carboxylic acids is 1. The van der Waals surface area contributed by atoms with Gasteiger partial charge in [0.2, 0.25) is 0 Å². The normalized spacial score (nSPS) is 22.5. The molecule has 1 fully saturated rings. The van der Waals surface area contributed by atoms with Gasteiger partial charge in [-0.05, 0) is 63.6 Å². The Morgan fingerprint density at radius 3 is 2.65 bits per heavy atom. The predicted molar refractivity (Wildman–Crippen MR) is 127 cm³/mol. The van der Waals surface area contributed by atoms with E-state index in [9.17, 15) is 14.7 Å². The Morgan fingerprint density at radius 1 is 1.18 bits per heavy atom. The first-order valence-electron chi connectivity index (χ1n) is 12.1. The van der Waals surface area contributed by atoms with Crippen molar-refractivity contribution in [1.29, 1.82) is 0 Å². The van der Waals surface area contributed by atoms with Gasteiger partial charge in [0.25, 0.3) is 0 Å². The van der Waals surface area contributed by atoms with Crippen LogP contribution in [0.2, 0.25) is 0 Å². The van der Waals surface area contributed by atoms with E-state index in [0.29, 0.717) is 19.4 Å². The molecule has 34 heavy (non-hydrogen) atoms. The van der Waals surface area contributed by atoms with E-state index in [0.717, 1.165) is 60.2 Å². The quantitative estimate of drug-likeness (QED) is 0.606. The molecule has 3 aromatic rings. The van der Waals surface area contributed by atoms with Crippen LogP contribution in [0.5, 0.6) is 0 Å². The van der Waals surface area contributed by atoms with Crippen LogP contribution in [0.4, 0.5) is 10.5 Å². The third-order valence-corrected chi connectivity index (χ3v) is 7.43. The molecule has 0 radical (unpaired) electrons. The second kappa shape index (κ2) is 9.12. The summed E-state index contributed by atoms with van der Waals surface area (Å²) < 4.78 is 9.30. The van der Waals surface area contributed by atoms with E-state index in [4.69, 9.17) is 9.72 Å². The fourth-order valence-electron chi connectivity index (χ4n) is 5.64.